The third-order valence-electron chi connectivity index (χ3n) is 12.3. The molecule has 10 aromatic rings. The SMILES string of the molecule is CC1(C)c2ccccc2-c2c1c1c(c3ccccc23)c2ccccc2n1-c1ccc(-c2ccc3c4c(cccc24)-c2ccccc2-3)c2ccccc12. The van der Waals surface area contributed by atoms with Crippen LogP contribution >= 0.6 is 0 Å². The summed E-state index contributed by atoms with van der Waals surface area (Å²) in [6.45, 7) is 4.84. The average molecular weight is 660 g/mol. The highest BCUT2D eigenvalue weighted by Gasteiger charge is 2.40. The van der Waals surface area contributed by atoms with Crippen molar-refractivity contribution in [1.29, 1.82) is 0 Å². The maximum atomic E-state index is 2.60. The quantitative estimate of drug-likeness (QED) is 0.174. The maximum absolute atomic E-state index is 2.60. The fraction of sp³-hybridized carbons (Fsp3) is 0.0588. The number of benzene rings is 9. The van der Waals surface area contributed by atoms with Gasteiger partial charge in [0.05, 0.1) is 16.7 Å². The van der Waals surface area contributed by atoms with Gasteiger partial charge in [0.2, 0.25) is 0 Å². The standard InChI is InChI=1S/C51H33N/c1-51(2)43-24-11-9-20-41(43)47-38-18-7-8-19-39(38)48-42-21-10-12-25-44(42)52(50(48)49(47)51)45-29-28-33(30-14-5-6-17-35(30)45)34-26-27-40-32-16-4-3-15-31(32)36-22-13-23-37(34)46(36)40/h3-29H,1-2H3. The van der Waals surface area contributed by atoms with Gasteiger partial charge in [-0.1, -0.05) is 166 Å². The largest absolute Gasteiger partial charge is 0.308 e. The van der Waals surface area contributed by atoms with Crippen LogP contribution in [0.1, 0.15) is 25.0 Å². The van der Waals surface area contributed by atoms with Gasteiger partial charge in [-0.25, -0.2) is 0 Å². The van der Waals surface area contributed by atoms with Gasteiger partial charge in [0.15, 0.2) is 0 Å². The van der Waals surface area contributed by atoms with Crippen molar-refractivity contribution in [3.05, 3.63) is 175 Å². The molecule has 1 heterocycles. The van der Waals surface area contributed by atoms with Crippen LogP contribution in [0, 0.1) is 0 Å². The summed E-state index contributed by atoms with van der Waals surface area (Å²) in [5.41, 5.74) is 17.0. The Balaban J connectivity index is 1.20. The first-order chi connectivity index (χ1) is 25.6. The summed E-state index contributed by atoms with van der Waals surface area (Å²) in [5.74, 6) is 0. The number of fused-ring (bicyclic) bond motifs is 14. The Kier molecular flexibility index (Phi) is 5.37. The molecule has 0 unspecified atom stereocenters. The predicted molar refractivity (Wildman–Crippen MR) is 221 cm³/mol. The minimum absolute atomic E-state index is 0.182. The molecule has 1 heteroatoms. The number of rotatable bonds is 2. The van der Waals surface area contributed by atoms with Crippen molar-refractivity contribution in [2.24, 2.45) is 0 Å². The van der Waals surface area contributed by atoms with Gasteiger partial charge in [-0.2, -0.15) is 0 Å². The van der Waals surface area contributed by atoms with E-state index in [1.165, 1.54) is 115 Å². The number of hydrogen-bond acceptors (Lipinski definition) is 0. The predicted octanol–water partition coefficient (Wildman–Crippen LogP) is 13.9. The molecular formula is C51H33N. The smallest absolute Gasteiger partial charge is 0.0594 e. The van der Waals surface area contributed by atoms with Crippen LogP contribution in [-0.2, 0) is 5.41 Å². The summed E-state index contributed by atoms with van der Waals surface area (Å²) in [5, 5.41) is 10.5. The summed E-state index contributed by atoms with van der Waals surface area (Å²) in [6, 6.07) is 61.3. The second-order valence-corrected chi connectivity index (χ2v) is 15.2. The van der Waals surface area contributed by atoms with Crippen molar-refractivity contribution in [1.82, 2.24) is 4.57 Å². The molecule has 0 saturated heterocycles. The van der Waals surface area contributed by atoms with E-state index in [9.17, 15) is 0 Å². The van der Waals surface area contributed by atoms with E-state index in [2.05, 4.69) is 182 Å². The third-order valence-corrected chi connectivity index (χ3v) is 12.3. The molecule has 0 saturated carbocycles. The monoisotopic (exact) mass is 659 g/mol. The molecule has 0 fully saturated rings. The van der Waals surface area contributed by atoms with Crippen LogP contribution in [0.2, 0.25) is 0 Å². The molecule has 2 aliphatic carbocycles. The molecular weight excluding hydrogens is 627 g/mol. The molecule has 0 bridgehead atoms. The van der Waals surface area contributed by atoms with Crippen LogP contribution in [0.5, 0.6) is 0 Å². The lowest BCUT2D eigenvalue weighted by Gasteiger charge is -2.25. The van der Waals surface area contributed by atoms with Crippen LogP contribution < -0.4 is 0 Å². The molecule has 0 amide bonds. The van der Waals surface area contributed by atoms with E-state index in [1.807, 2.05) is 0 Å². The van der Waals surface area contributed by atoms with Crippen LogP contribution in [0.15, 0.2) is 164 Å². The molecule has 0 atom stereocenters. The van der Waals surface area contributed by atoms with Gasteiger partial charge in [-0.05, 0) is 94.7 Å². The highest BCUT2D eigenvalue weighted by Crippen LogP contribution is 2.57. The highest BCUT2D eigenvalue weighted by molar-refractivity contribution is 6.27. The molecule has 9 aromatic carbocycles. The molecule has 2 aliphatic rings. The zero-order valence-electron chi connectivity index (χ0n) is 29.0. The van der Waals surface area contributed by atoms with Crippen LogP contribution in [0.25, 0.3) is 104 Å². The normalized spacial score (nSPS) is 13.7. The molecule has 242 valence electrons. The van der Waals surface area contributed by atoms with Crippen molar-refractivity contribution in [3.8, 4) is 50.2 Å². The molecule has 52 heavy (non-hydrogen) atoms. The summed E-state index contributed by atoms with van der Waals surface area (Å²) < 4.78 is 2.60. The third kappa shape index (κ3) is 3.39. The number of nitrogens with zero attached hydrogens (tertiary/aromatic N) is 1. The van der Waals surface area contributed by atoms with E-state index in [1.54, 1.807) is 0 Å². The summed E-state index contributed by atoms with van der Waals surface area (Å²) in [4.78, 5) is 0. The Bertz CT molecular complexity index is 3180. The lowest BCUT2D eigenvalue weighted by Crippen LogP contribution is -2.16. The number of para-hydroxylation sites is 1. The van der Waals surface area contributed by atoms with Gasteiger partial charge in [0.1, 0.15) is 0 Å². The van der Waals surface area contributed by atoms with E-state index < -0.39 is 0 Å². The van der Waals surface area contributed by atoms with Crippen LogP contribution in [-0.4, -0.2) is 4.57 Å². The first-order valence-electron chi connectivity index (χ1n) is 18.4. The Morgan fingerprint density at radius 3 is 1.71 bits per heavy atom. The van der Waals surface area contributed by atoms with Gasteiger partial charge in [-0.15, -0.1) is 0 Å². The van der Waals surface area contributed by atoms with Crippen molar-refractivity contribution < 1.29 is 0 Å². The van der Waals surface area contributed by atoms with Gasteiger partial charge in [-0.3, -0.25) is 0 Å². The van der Waals surface area contributed by atoms with Gasteiger partial charge < -0.3 is 4.57 Å². The van der Waals surface area contributed by atoms with E-state index in [-0.39, 0.29) is 5.41 Å². The zero-order chi connectivity index (χ0) is 34.3. The van der Waals surface area contributed by atoms with Gasteiger partial charge in [0, 0.05) is 21.6 Å². The summed E-state index contributed by atoms with van der Waals surface area (Å²) >= 11 is 0. The summed E-state index contributed by atoms with van der Waals surface area (Å²) in [7, 11) is 0. The Hall–Kier alpha value is -6.44. The van der Waals surface area contributed by atoms with E-state index >= 15 is 0 Å². The van der Waals surface area contributed by atoms with E-state index in [4.69, 9.17) is 0 Å². The molecule has 12 rings (SSSR count). The van der Waals surface area contributed by atoms with Crippen molar-refractivity contribution in [3.63, 3.8) is 0 Å². The molecule has 0 spiro atoms. The molecule has 1 nitrogen and oxygen atoms in total. The molecule has 0 aliphatic heterocycles. The van der Waals surface area contributed by atoms with Gasteiger partial charge >= 0.3 is 0 Å². The van der Waals surface area contributed by atoms with Crippen LogP contribution in [0.4, 0.5) is 0 Å². The lowest BCUT2D eigenvalue weighted by molar-refractivity contribution is 0.664. The molecule has 0 radical (unpaired) electrons. The highest BCUT2D eigenvalue weighted by atomic mass is 15.0. The molecule has 0 N–H and O–H groups in total. The van der Waals surface area contributed by atoms with Crippen molar-refractivity contribution in [2.45, 2.75) is 19.3 Å². The number of hydrogen-bond donors (Lipinski definition) is 0. The topological polar surface area (TPSA) is 4.93 Å². The van der Waals surface area contributed by atoms with E-state index in [0.29, 0.717) is 0 Å². The minimum atomic E-state index is -0.182. The lowest BCUT2D eigenvalue weighted by atomic mass is 9.80. The zero-order valence-corrected chi connectivity index (χ0v) is 29.0. The Morgan fingerprint density at radius 2 is 0.904 bits per heavy atom. The maximum Gasteiger partial charge on any atom is 0.0594 e. The fourth-order valence-electron chi connectivity index (χ4n) is 10.2. The fourth-order valence-corrected chi connectivity index (χ4v) is 10.2. The molecule has 1 aromatic heterocycles. The average Bonchev–Trinajstić information content (AvgIpc) is 3.79. The van der Waals surface area contributed by atoms with E-state index in [0.717, 1.165) is 0 Å². The second kappa shape index (κ2) is 9.87. The Labute approximate surface area is 302 Å². The first-order valence-corrected chi connectivity index (χ1v) is 18.4. The number of aromatic nitrogens is 1. The van der Waals surface area contributed by atoms with Crippen molar-refractivity contribution >= 4 is 54.1 Å². The van der Waals surface area contributed by atoms with Crippen molar-refractivity contribution in [2.75, 3.05) is 0 Å². The first kappa shape index (κ1) is 28.3. The second-order valence-electron chi connectivity index (χ2n) is 15.2. The minimum Gasteiger partial charge on any atom is -0.308 e. The van der Waals surface area contributed by atoms with Crippen LogP contribution in [0.3, 0.4) is 0 Å². The summed E-state index contributed by atoms with van der Waals surface area (Å²) in [6.07, 6.45) is 0. The van der Waals surface area contributed by atoms with Gasteiger partial charge in [0.25, 0.3) is 0 Å². The Morgan fingerprint density at radius 1 is 0.365 bits per heavy atom.